The van der Waals surface area contributed by atoms with Crippen molar-refractivity contribution in [3.8, 4) is 0 Å². The van der Waals surface area contributed by atoms with Gasteiger partial charge in [0.25, 0.3) is 0 Å². The Balaban J connectivity index is 1.95. The third-order valence-electron chi connectivity index (χ3n) is 6.21. The van der Waals surface area contributed by atoms with Crippen LogP contribution in [0.3, 0.4) is 0 Å². The lowest BCUT2D eigenvalue weighted by Gasteiger charge is -2.32. The Morgan fingerprint density at radius 1 is 0.760 bits per heavy atom. The molecule has 2 rings (SSSR count). The van der Waals surface area contributed by atoms with Gasteiger partial charge in [-0.2, -0.15) is 0 Å². The van der Waals surface area contributed by atoms with Gasteiger partial charge in [0, 0.05) is 19.3 Å². The van der Waals surface area contributed by atoms with Gasteiger partial charge < -0.3 is 0 Å². The molecule has 0 atom stereocenters. The van der Waals surface area contributed by atoms with E-state index in [0.717, 1.165) is 12.8 Å². The van der Waals surface area contributed by atoms with Crippen LogP contribution in [0.25, 0.3) is 0 Å². The molecule has 0 spiro atoms. The minimum atomic E-state index is -0.928. The summed E-state index contributed by atoms with van der Waals surface area (Å²) in [6.45, 7) is 1.92. The lowest BCUT2D eigenvalue weighted by Crippen LogP contribution is -2.40. The summed E-state index contributed by atoms with van der Waals surface area (Å²) in [5, 5.41) is 0. The van der Waals surface area contributed by atoms with Crippen LogP contribution in [0.4, 0.5) is 0 Å². The number of Topliss-reactive ketones (excluding diaryl/α,β-unsaturated/α-hetero) is 3. The van der Waals surface area contributed by atoms with Crippen molar-refractivity contribution < 1.29 is 14.4 Å². The van der Waals surface area contributed by atoms with E-state index < -0.39 is 5.92 Å². The molecule has 0 amide bonds. The topological polar surface area (TPSA) is 51.2 Å². The molecule has 0 aromatic rings. The predicted molar refractivity (Wildman–Crippen MR) is 100 cm³/mol. The SMILES string of the molecule is CCCC(=O)C1C(=O)CC(C2CCCCCCCCCCC2)CC1=O. The molecule has 0 heterocycles. The van der Waals surface area contributed by atoms with Gasteiger partial charge in [0.15, 0.2) is 17.3 Å². The van der Waals surface area contributed by atoms with Gasteiger partial charge >= 0.3 is 0 Å². The maximum absolute atomic E-state index is 12.5. The molecular weight excluding hydrogens is 312 g/mol. The standard InChI is InChI=1S/C22H36O3/c1-2-12-19(23)22-20(24)15-18(16-21(22)25)17-13-10-8-6-4-3-5-7-9-11-14-17/h17-18,22H,2-16H2,1H3. The minimum absolute atomic E-state index is 0.0918. The number of rotatable bonds is 4. The van der Waals surface area contributed by atoms with Gasteiger partial charge in [-0.1, -0.05) is 77.6 Å². The molecule has 2 fully saturated rings. The van der Waals surface area contributed by atoms with E-state index in [9.17, 15) is 14.4 Å². The average molecular weight is 349 g/mol. The van der Waals surface area contributed by atoms with E-state index in [2.05, 4.69) is 0 Å². The van der Waals surface area contributed by atoms with Crippen LogP contribution in [-0.4, -0.2) is 17.3 Å². The molecule has 142 valence electrons. The Bertz CT molecular complexity index is 424. The van der Waals surface area contributed by atoms with E-state index in [4.69, 9.17) is 0 Å². The molecule has 2 saturated carbocycles. The first kappa shape index (κ1) is 20.3. The zero-order chi connectivity index (χ0) is 18.1. The van der Waals surface area contributed by atoms with E-state index >= 15 is 0 Å². The van der Waals surface area contributed by atoms with Crippen LogP contribution in [0.1, 0.15) is 103 Å². The van der Waals surface area contributed by atoms with Crippen molar-refractivity contribution in [1.29, 1.82) is 0 Å². The molecule has 3 heteroatoms. The summed E-state index contributed by atoms with van der Waals surface area (Å²) < 4.78 is 0. The van der Waals surface area contributed by atoms with Crippen molar-refractivity contribution in [2.75, 3.05) is 0 Å². The Morgan fingerprint density at radius 3 is 1.64 bits per heavy atom. The van der Waals surface area contributed by atoms with Crippen molar-refractivity contribution in [2.24, 2.45) is 17.8 Å². The highest BCUT2D eigenvalue weighted by atomic mass is 16.2. The molecular formula is C22H36O3. The molecule has 3 nitrogen and oxygen atoms in total. The first-order valence-corrected chi connectivity index (χ1v) is 10.7. The first-order valence-electron chi connectivity index (χ1n) is 10.7. The fourth-order valence-electron chi connectivity index (χ4n) is 4.75. The highest BCUT2D eigenvalue weighted by Crippen LogP contribution is 2.36. The zero-order valence-electron chi connectivity index (χ0n) is 16.1. The fraction of sp³-hybridized carbons (Fsp3) is 0.864. The van der Waals surface area contributed by atoms with Gasteiger partial charge in [0.2, 0.25) is 0 Å². The van der Waals surface area contributed by atoms with Crippen LogP contribution in [-0.2, 0) is 14.4 Å². The summed E-state index contributed by atoms with van der Waals surface area (Å²) in [5.41, 5.74) is 0. The maximum atomic E-state index is 12.5. The van der Waals surface area contributed by atoms with Gasteiger partial charge in [-0.3, -0.25) is 14.4 Å². The van der Waals surface area contributed by atoms with Crippen LogP contribution >= 0.6 is 0 Å². The molecule has 0 N–H and O–H groups in total. The first-order chi connectivity index (χ1) is 12.1. The van der Waals surface area contributed by atoms with Crippen molar-refractivity contribution in [1.82, 2.24) is 0 Å². The summed E-state index contributed by atoms with van der Waals surface area (Å²) >= 11 is 0. The second kappa shape index (κ2) is 10.9. The highest BCUT2D eigenvalue weighted by molar-refractivity contribution is 6.20. The van der Waals surface area contributed by atoms with Crippen molar-refractivity contribution in [3.05, 3.63) is 0 Å². The summed E-state index contributed by atoms with van der Waals surface area (Å²) in [6, 6.07) is 0. The third kappa shape index (κ3) is 6.34. The summed E-state index contributed by atoms with van der Waals surface area (Å²) in [4.78, 5) is 37.1. The molecule has 25 heavy (non-hydrogen) atoms. The molecule has 0 saturated heterocycles. The minimum Gasteiger partial charge on any atom is -0.298 e. The van der Waals surface area contributed by atoms with Crippen LogP contribution < -0.4 is 0 Å². The molecule has 0 aromatic carbocycles. The number of carbonyl (C=O) groups is 3. The van der Waals surface area contributed by atoms with Crippen LogP contribution in [0.15, 0.2) is 0 Å². The lowest BCUT2D eigenvalue weighted by molar-refractivity contribution is -0.144. The van der Waals surface area contributed by atoms with Crippen LogP contribution in [0.2, 0.25) is 0 Å². The van der Waals surface area contributed by atoms with Gasteiger partial charge in [-0.25, -0.2) is 0 Å². The Hall–Kier alpha value is -0.990. The molecule has 0 aliphatic heterocycles. The Kier molecular flexibility index (Phi) is 8.84. The van der Waals surface area contributed by atoms with E-state index in [0.29, 0.717) is 31.6 Å². The van der Waals surface area contributed by atoms with E-state index in [1.54, 1.807) is 0 Å². The van der Waals surface area contributed by atoms with Gasteiger partial charge in [-0.15, -0.1) is 0 Å². The van der Waals surface area contributed by atoms with Crippen LogP contribution in [0, 0.1) is 17.8 Å². The zero-order valence-corrected chi connectivity index (χ0v) is 16.1. The largest absolute Gasteiger partial charge is 0.298 e. The highest BCUT2D eigenvalue weighted by Gasteiger charge is 2.41. The summed E-state index contributed by atoms with van der Waals surface area (Å²) in [7, 11) is 0. The second-order valence-corrected chi connectivity index (χ2v) is 8.27. The summed E-state index contributed by atoms with van der Waals surface area (Å²) in [6.07, 6.45) is 16.0. The van der Waals surface area contributed by atoms with Crippen LogP contribution in [0.5, 0.6) is 0 Å². The molecule has 0 unspecified atom stereocenters. The predicted octanol–water partition coefficient (Wildman–Crippen LogP) is 5.44. The second-order valence-electron chi connectivity index (χ2n) is 8.27. The number of hydrogen-bond donors (Lipinski definition) is 0. The fourth-order valence-corrected chi connectivity index (χ4v) is 4.75. The van der Waals surface area contributed by atoms with E-state index in [1.165, 1.54) is 57.8 Å². The number of carbonyl (C=O) groups excluding carboxylic acids is 3. The van der Waals surface area contributed by atoms with Gasteiger partial charge in [0.1, 0.15) is 5.92 Å². The van der Waals surface area contributed by atoms with E-state index in [-0.39, 0.29) is 23.3 Å². The van der Waals surface area contributed by atoms with Gasteiger partial charge in [-0.05, 0) is 18.3 Å². The van der Waals surface area contributed by atoms with Crippen molar-refractivity contribution in [2.45, 2.75) is 103 Å². The van der Waals surface area contributed by atoms with E-state index in [1.807, 2.05) is 6.92 Å². The molecule has 0 bridgehead atoms. The molecule has 0 radical (unpaired) electrons. The molecule has 0 aromatic heterocycles. The molecule has 2 aliphatic carbocycles. The monoisotopic (exact) mass is 348 g/mol. The third-order valence-corrected chi connectivity index (χ3v) is 6.21. The maximum Gasteiger partial charge on any atom is 0.151 e. The normalized spacial score (nSPS) is 28.2. The van der Waals surface area contributed by atoms with Crippen molar-refractivity contribution >= 4 is 17.3 Å². The number of hydrogen-bond acceptors (Lipinski definition) is 3. The molecule has 2 aliphatic rings. The summed E-state index contributed by atoms with van der Waals surface area (Å²) in [5.74, 6) is -0.572. The average Bonchev–Trinajstić information content (AvgIpc) is 2.55. The number of ketones is 3. The smallest absolute Gasteiger partial charge is 0.151 e. The van der Waals surface area contributed by atoms with Gasteiger partial charge in [0.05, 0.1) is 0 Å². The quantitative estimate of drug-likeness (QED) is 0.636. The Morgan fingerprint density at radius 2 is 1.20 bits per heavy atom. The van der Waals surface area contributed by atoms with Crippen molar-refractivity contribution in [3.63, 3.8) is 0 Å². The lowest BCUT2D eigenvalue weighted by atomic mass is 9.70. The Labute approximate surface area is 153 Å².